The Bertz CT molecular complexity index is 852. The molecule has 0 amide bonds. The molecule has 0 atom stereocenters. The first-order valence-electron chi connectivity index (χ1n) is 5.36. The van der Waals surface area contributed by atoms with Gasteiger partial charge in [-0.25, -0.2) is 21.8 Å². The average Bonchev–Trinajstić information content (AvgIpc) is 2.72. The first-order valence-corrected chi connectivity index (χ1v) is 9.97. The van der Waals surface area contributed by atoms with Gasteiger partial charge in [-0.15, -0.1) is 11.3 Å². The molecule has 0 aliphatic rings. The molecule has 5 nitrogen and oxygen atoms in total. The van der Waals surface area contributed by atoms with Crippen molar-refractivity contribution in [2.24, 2.45) is 0 Å². The molecule has 2 aromatic rings. The zero-order valence-electron chi connectivity index (χ0n) is 10.5. The van der Waals surface area contributed by atoms with Crippen LogP contribution in [-0.4, -0.2) is 21.8 Å². The van der Waals surface area contributed by atoms with Crippen molar-refractivity contribution in [1.29, 1.82) is 0 Å². The van der Waals surface area contributed by atoms with Crippen LogP contribution in [0.3, 0.4) is 0 Å². The van der Waals surface area contributed by atoms with Crippen LogP contribution < -0.4 is 0 Å². The van der Waals surface area contributed by atoms with Crippen molar-refractivity contribution >= 4 is 40.9 Å². The molecule has 0 aliphatic carbocycles. The fourth-order valence-corrected chi connectivity index (χ4v) is 6.10. The van der Waals surface area contributed by atoms with Crippen molar-refractivity contribution in [3.8, 4) is 0 Å². The maximum Gasteiger partial charge on any atom is 0.273 e. The lowest BCUT2D eigenvalue weighted by atomic mass is 10.2. The molecule has 0 saturated heterocycles. The smallest absolute Gasteiger partial charge is 0.228 e. The number of sulfone groups is 1. The van der Waals surface area contributed by atoms with Gasteiger partial charge in [-0.3, -0.25) is 0 Å². The summed E-state index contributed by atoms with van der Waals surface area (Å²) in [6, 6.07) is 6.07. The van der Waals surface area contributed by atoms with Crippen LogP contribution in [0.25, 0.3) is 0 Å². The van der Waals surface area contributed by atoms with Crippen LogP contribution in [-0.2, 0) is 18.9 Å². The van der Waals surface area contributed by atoms with Crippen molar-refractivity contribution in [1.82, 2.24) is 4.98 Å². The summed E-state index contributed by atoms with van der Waals surface area (Å²) in [5.41, 5.74) is 0.892. The van der Waals surface area contributed by atoms with E-state index in [0.29, 0.717) is 5.01 Å². The largest absolute Gasteiger partial charge is 0.273 e. The SMILES string of the molecule is Cc1ccc(S(=O)(=O)c2nc(C)sc2S(=O)(=O)Cl)cc1. The normalized spacial score (nSPS) is 12.6. The van der Waals surface area contributed by atoms with Crippen molar-refractivity contribution < 1.29 is 16.8 Å². The molecular weight excluding hydrogens is 342 g/mol. The number of halogens is 1. The van der Waals surface area contributed by atoms with E-state index >= 15 is 0 Å². The van der Waals surface area contributed by atoms with Crippen LogP contribution in [0.5, 0.6) is 0 Å². The average molecular weight is 352 g/mol. The molecular formula is C11H10ClNO4S3. The Balaban J connectivity index is 2.70. The van der Waals surface area contributed by atoms with E-state index in [-0.39, 0.29) is 4.90 Å². The molecule has 9 heteroatoms. The molecule has 0 N–H and O–H groups in total. The van der Waals surface area contributed by atoms with Gasteiger partial charge in [0.2, 0.25) is 9.84 Å². The summed E-state index contributed by atoms with van der Waals surface area (Å²) in [4.78, 5) is 3.80. The predicted octanol–water partition coefficient (Wildman–Crippen LogP) is 2.52. The lowest BCUT2D eigenvalue weighted by Crippen LogP contribution is -2.06. The van der Waals surface area contributed by atoms with Crippen LogP contribution in [0, 0.1) is 13.8 Å². The third-order valence-electron chi connectivity index (χ3n) is 2.48. The molecule has 0 bridgehead atoms. The minimum Gasteiger partial charge on any atom is -0.228 e. The molecule has 0 spiro atoms. The number of thiazole rings is 1. The number of rotatable bonds is 3. The fraction of sp³-hybridized carbons (Fsp3) is 0.182. The highest BCUT2D eigenvalue weighted by molar-refractivity contribution is 8.15. The third kappa shape index (κ3) is 2.88. The molecule has 0 fully saturated rings. The van der Waals surface area contributed by atoms with Crippen LogP contribution in [0.4, 0.5) is 0 Å². The van der Waals surface area contributed by atoms with Gasteiger partial charge in [-0.2, -0.15) is 0 Å². The monoisotopic (exact) mass is 351 g/mol. The summed E-state index contributed by atoms with van der Waals surface area (Å²) in [6.07, 6.45) is 0. The van der Waals surface area contributed by atoms with Gasteiger partial charge >= 0.3 is 0 Å². The van der Waals surface area contributed by atoms with Gasteiger partial charge in [-0.05, 0) is 26.0 Å². The Morgan fingerprint density at radius 2 is 1.60 bits per heavy atom. The van der Waals surface area contributed by atoms with Crippen molar-refractivity contribution in [3.05, 3.63) is 34.8 Å². The molecule has 1 aromatic carbocycles. The highest BCUT2D eigenvalue weighted by Crippen LogP contribution is 2.33. The summed E-state index contributed by atoms with van der Waals surface area (Å²) < 4.78 is 47.4. The molecule has 0 unspecified atom stereocenters. The second kappa shape index (κ2) is 5.10. The maximum atomic E-state index is 12.4. The van der Waals surface area contributed by atoms with E-state index in [2.05, 4.69) is 4.98 Å². The molecule has 0 saturated carbocycles. The van der Waals surface area contributed by atoms with Gasteiger partial charge in [0.25, 0.3) is 9.05 Å². The number of aromatic nitrogens is 1. The second-order valence-electron chi connectivity index (χ2n) is 4.08. The number of nitrogens with zero attached hydrogens (tertiary/aromatic N) is 1. The molecule has 108 valence electrons. The molecule has 0 aliphatic heterocycles. The van der Waals surface area contributed by atoms with Crippen molar-refractivity contribution in [2.75, 3.05) is 0 Å². The fourth-order valence-electron chi connectivity index (χ4n) is 1.54. The van der Waals surface area contributed by atoms with E-state index in [1.54, 1.807) is 12.1 Å². The van der Waals surface area contributed by atoms with Crippen LogP contribution in [0.2, 0.25) is 0 Å². The molecule has 1 heterocycles. The van der Waals surface area contributed by atoms with Gasteiger partial charge < -0.3 is 0 Å². The maximum absolute atomic E-state index is 12.4. The zero-order chi connectivity index (χ0) is 15.1. The first kappa shape index (κ1) is 15.4. The third-order valence-corrected chi connectivity index (χ3v) is 7.48. The Morgan fingerprint density at radius 1 is 1.05 bits per heavy atom. The van der Waals surface area contributed by atoms with Gasteiger partial charge in [0.15, 0.2) is 9.24 Å². The summed E-state index contributed by atoms with van der Waals surface area (Å²) in [5, 5.41) is -0.200. The summed E-state index contributed by atoms with van der Waals surface area (Å²) in [5.74, 6) is 0. The highest BCUT2D eigenvalue weighted by atomic mass is 35.7. The van der Waals surface area contributed by atoms with Crippen LogP contribution in [0.1, 0.15) is 10.6 Å². The Kier molecular flexibility index (Phi) is 3.94. The van der Waals surface area contributed by atoms with Gasteiger partial charge in [0.1, 0.15) is 0 Å². The van der Waals surface area contributed by atoms with E-state index in [4.69, 9.17) is 10.7 Å². The molecule has 2 rings (SSSR count). The topological polar surface area (TPSA) is 81.2 Å². The number of hydrogen-bond donors (Lipinski definition) is 0. The second-order valence-corrected chi connectivity index (χ2v) is 9.91. The summed E-state index contributed by atoms with van der Waals surface area (Å²) in [6.45, 7) is 3.34. The van der Waals surface area contributed by atoms with Gasteiger partial charge in [0, 0.05) is 10.7 Å². The van der Waals surface area contributed by atoms with E-state index < -0.39 is 28.1 Å². The quantitative estimate of drug-likeness (QED) is 0.793. The summed E-state index contributed by atoms with van der Waals surface area (Å²) >= 11 is 0.736. The van der Waals surface area contributed by atoms with Gasteiger partial charge in [0.05, 0.1) is 9.90 Å². The molecule has 1 aromatic heterocycles. The van der Waals surface area contributed by atoms with Crippen molar-refractivity contribution in [2.45, 2.75) is 28.0 Å². The lowest BCUT2D eigenvalue weighted by molar-refractivity contribution is 0.585. The highest BCUT2D eigenvalue weighted by Gasteiger charge is 2.31. The van der Waals surface area contributed by atoms with Crippen LogP contribution >= 0.6 is 22.0 Å². The number of benzene rings is 1. The van der Waals surface area contributed by atoms with E-state index in [0.717, 1.165) is 16.9 Å². The molecule has 20 heavy (non-hydrogen) atoms. The summed E-state index contributed by atoms with van der Waals surface area (Å²) in [7, 11) is -2.90. The van der Waals surface area contributed by atoms with E-state index in [9.17, 15) is 16.8 Å². The first-order chi connectivity index (χ1) is 9.12. The molecule has 0 radical (unpaired) electrons. The standard InChI is InChI=1S/C11H10ClNO4S3/c1-7-3-5-9(6-4-7)19(14,15)10-11(20(12,16)17)18-8(2)13-10/h3-6H,1-2H3. The Labute approximate surface area is 125 Å². The van der Waals surface area contributed by atoms with Crippen LogP contribution in [0.15, 0.2) is 38.4 Å². The number of hydrogen-bond acceptors (Lipinski definition) is 6. The Hall–Kier alpha value is -0.960. The minimum absolute atomic E-state index is 0.0185. The number of aryl methyl sites for hydroxylation is 2. The Morgan fingerprint density at radius 3 is 2.10 bits per heavy atom. The zero-order valence-corrected chi connectivity index (χ0v) is 13.7. The van der Waals surface area contributed by atoms with Gasteiger partial charge in [-0.1, -0.05) is 17.7 Å². The predicted molar refractivity (Wildman–Crippen MR) is 76.5 cm³/mol. The minimum atomic E-state index is -4.16. The van der Waals surface area contributed by atoms with E-state index in [1.165, 1.54) is 19.1 Å². The lowest BCUT2D eigenvalue weighted by Gasteiger charge is -2.03. The van der Waals surface area contributed by atoms with E-state index in [1.807, 2.05) is 6.92 Å². The van der Waals surface area contributed by atoms with Crippen molar-refractivity contribution in [3.63, 3.8) is 0 Å².